The van der Waals surface area contributed by atoms with Crippen LogP contribution < -0.4 is 10.6 Å². The Morgan fingerprint density at radius 1 is 1.00 bits per heavy atom. The van der Waals surface area contributed by atoms with Gasteiger partial charge in [0.05, 0.1) is 24.3 Å². The number of likely N-dealkylation sites (tertiary alicyclic amines) is 1. The molecule has 3 aromatic rings. The Labute approximate surface area is 192 Å². The summed E-state index contributed by atoms with van der Waals surface area (Å²) >= 11 is 0. The van der Waals surface area contributed by atoms with Crippen molar-refractivity contribution in [1.29, 1.82) is 0 Å². The first-order chi connectivity index (χ1) is 16.2. The van der Waals surface area contributed by atoms with Crippen molar-refractivity contribution in [1.82, 2.24) is 4.90 Å². The molecule has 2 N–H and O–H groups in total. The van der Waals surface area contributed by atoms with E-state index < -0.39 is 23.6 Å². The van der Waals surface area contributed by atoms with Crippen molar-refractivity contribution >= 4 is 29.1 Å². The van der Waals surface area contributed by atoms with Gasteiger partial charge >= 0.3 is 6.18 Å². The Balaban J connectivity index is 1.38. The molecule has 34 heavy (non-hydrogen) atoms. The summed E-state index contributed by atoms with van der Waals surface area (Å²) in [5, 5.41) is 5.13. The first-order valence-electron chi connectivity index (χ1n) is 10.4. The fourth-order valence-electron chi connectivity index (χ4n) is 3.65. The second-order valence-corrected chi connectivity index (χ2v) is 7.86. The first kappa shape index (κ1) is 23.1. The Bertz CT molecular complexity index is 1210. The lowest BCUT2D eigenvalue weighted by Gasteiger charge is -2.15. The third-order valence-electron chi connectivity index (χ3n) is 5.35. The van der Waals surface area contributed by atoms with E-state index in [-0.39, 0.29) is 42.6 Å². The number of carbonyl (C=O) groups is 3. The molecule has 7 nitrogen and oxygen atoms in total. The number of furan rings is 1. The zero-order valence-electron chi connectivity index (χ0n) is 17.8. The summed E-state index contributed by atoms with van der Waals surface area (Å²) in [6, 6.07) is 13.8. The molecule has 0 unspecified atom stereocenters. The second-order valence-electron chi connectivity index (χ2n) is 7.86. The molecule has 3 amide bonds. The molecule has 176 valence electrons. The van der Waals surface area contributed by atoms with Crippen molar-refractivity contribution in [2.75, 3.05) is 17.2 Å². The lowest BCUT2D eigenvalue weighted by Crippen LogP contribution is -2.28. The molecule has 10 heteroatoms. The number of rotatable bonds is 6. The number of hydrogen-bond donors (Lipinski definition) is 2. The molecule has 0 bridgehead atoms. The smallest absolute Gasteiger partial charge is 0.416 e. The number of carbonyl (C=O) groups excluding carboxylic acids is 3. The van der Waals surface area contributed by atoms with Gasteiger partial charge in [0.1, 0.15) is 5.76 Å². The number of benzene rings is 2. The zero-order chi connectivity index (χ0) is 24.3. The summed E-state index contributed by atoms with van der Waals surface area (Å²) in [5.41, 5.74) is -0.398. The highest BCUT2D eigenvalue weighted by atomic mass is 19.4. The van der Waals surface area contributed by atoms with Crippen molar-refractivity contribution in [2.45, 2.75) is 19.1 Å². The van der Waals surface area contributed by atoms with Crippen molar-refractivity contribution < 1.29 is 32.0 Å². The number of anilines is 2. The largest absolute Gasteiger partial charge is 0.467 e. The predicted molar refractivity (Wildman–Crippen MR) is 117 cm³/mol. The van der Waals surface area contributed by atoms with Gasteiger partial charge in [-0.2, -0.15) is 13.2 Å². The molecule has 4 rings (SSSR count). The highest BCUT2D eigenvalue weighted by Crippen LogP contribution is 2.31. The number of nitrogens with zero attached hydrogens (tertiary/aromatic N) is 1. The van der Waals surface area contributed by atoms with Gasteiger partial charge in [0.25, 0.3) is 5.91 Å². The molecule has 1 aliphatic heterocycles. The lowest BCUT2D eigenvalue weighted by atomic mass is 10.1. The van der Waals surface area contributed by atoms with Crippen molar-refractivity contribution in [3.8, 4) is 0 Å². The number of halogens is 3. The van der Waals surface area contributed by atoms with E-state index >= 15 is 0 Å². The Hall–Kier alpha value is -4.08. The highest BCUT2D eigenvalue weighted by molar-refractivity contribution is 6.05. The van der Waals surface area contributed by atoms with E-state index in [0.29, 0.717) is 11.4 Å². The minimum atomic E-state index is -4.53. The van der Waals surface area contributed by atoms with Crippen LogP contribution in [0, 0.1) is 5.92 Å². The van der Waals surface area contributed by atoms with E-state index in [2.05, 4.69) is 10.6 Å². The lowest BCUT2D eigenvalue weighted by molar-refractivity contribution is -0.137. The van der Waals surface area contributed by atoms with Crippen LogP contribution in [0.5, 0.6) is 0 Å². The van der Waals surface area contributed by atoms with Crippen LogP contribution in [0.1, 0.15) is 28.1 Å². The average molecular weight is 471 g/mol. The number of nitrogens with one attached hydrogen (secondary N) is 2. The SMILES string of the molecule is O=C(Nc1cccc(C(F)(F)F)c1)c1cccc(NC(=O)[C@H]2CC(=O)N(Cc3ccco3)C2)c1. The Kier molecular flexibility index (Phi) is 6.40. The monoisotopic (exact) mass is 471 g/mol. The third-order valence-corrected chi connectivity index (χ3v) is 5.35. The summed E-state index contributed by atoms with van der Waals surface area (Å²) in [4.78, 5) is 39.0. The molecule has 0 spiro atoms. The standard InChI is InChI=1S/C24H20F3N3O4/c25-24(26,27)17-5-2-7-19(12-17)29-22(32)15-4-1-6-18(10-15)28-23(33)16-11-21(31)30(13-16)14-20-8-3-9-34-20/h1-10,12,16H,11,13-14H2,(H,28,33)(H,29,32)/t16-/m0/s1. The number of amides is 3. The minimum Gasteiger partial charge on any atom is -0.467 e. The summed E-state index contributed by atoms with van der Waals surface area (Å²) in [7, 11) is 0. The van der Waals surface area contributed by atoms with Gasteiger partial charge in [-0.25, -0.2) is 0 Å². The van der Waals surface area contributed by atoms with Crippen LogP contribution in [0.25, 0.3) is 0 Å². The van der Waals surface area contributed by atoms with Gasteiger partial charge in [0.2, 0.25) is 11.8 Å². The fraction of sp³-hybridized carbons (Fsp3) is 0.208. The minimum absolute atomic E-state index is 0.00428. The molecule has 0 saturated carbocycles. The molecule has 0 radical (unpaired) electrons. The van der Waals surface area contributed by atoms with E-state index in [1.165, 1.54) is 30.5 Å². The summed E-state index contributed by atoms with van der Waals surface area (Å²) < 4.78 is 43.9. The van der Waals surface area contributed by atoms with Crippen LogP contribution in [-0.2, 0) is 22.3 Å². The number of hydrogen-bond acceptors (Lipinski definition) is 4. The van der Waals surface area contributed by atoms with Gasteiger partial charge in [-0.3, -0.25) is 14.4 Å². The summed E-state index contributed by atoms with van der Waals surface area (Å²) in [6.07, 6.45) is -2.96. The molecule has 1 aliphatic rings. The fourth-order valence-corrected chi connectivity index (χ4v) is 3.65. The van der Waals surface area contributed by atoms with Gasteiger partial charge in [0, 0.05) is 29.9 Å². The molecular formula is C24H20F3N3O4. The zero-order valence-corrected chi connectivity index (χ0v) is 17.8. The highest BCUT2D eigenvalue weighted by Gasteiger charge is 2.35. The summed E-state index contributed by atoms with van der Waals surface area (Å²) in [6.45, 7) is 0.516. The quantitative estimate of drug-likeness (QED) is 0.552. The maximum absolute atomic E-state index is 12.9. The average Bonchev–Trinajstić information content (AvgIpc) is 3.44. The van der Waals surface area contributed by atoms with E-state index in [1.807, 2.05) is 0 Å². The van der Waals surface area contributed by atoms with Crippen LogP contribution in [0.3, 0.4) is 0 Å². The van der Waals surface area contributed by atoms with Gasteiger partial charge in [-0.15, -0.1) is 0 Å². The van der Waals surface area contributed by atoms with Crippen molar-refractivity contribution in [3.05, 3.63) is 83.8 Å². The van der Waals surface area contributed by atoms with Crippen molar-refractivity contribution in [3.63, 3.8) is 0 Å². The van der Waals surface area contributed by atoms with Crippen LogP contribution in [0.4, 0.5) is 24.5 Å². The normalized spacial score (nSPS) is 15.9. The van der Waals surface area contributed by atoms with Crippen LogP contribution in [0.15, 0.2) is 71.3 Å². The van der Waals surface area contributed by atoms with Gasteiger partial charge in [0.15, 0.2) is 0 Å². The van der Waals surface area contributed by atoms with E-state index in [9.17, 15) is 27.6 Å². The van der Waals surface area contributed by atoms with E-state index in [1.54, 1.807) is 29.2 Å². The van der Waals surface area contributed by atoms with E-state index in [0.717, 1.165) is 12.1 Å². The van der Waals surface area contributed by atoms with Crippen molar-refractivity contribution in [2.24, 2.45) is 5.92 Å². The maximum Gasteiger partial charge on any atom is 0.416 e. The van der Waals surface area contributed by atoms with Crippen LogP contribution in [0.2, 0.25) is 0 Å². The second kappa shape index (κ2) is 9.42. The van der Waals surface area contributed by atoms with Gasteiger partial charge in [-0.1, -0.05) is 12.1 Å². The van der Waals surface area contributed by atoms with Gasteiger partial charge < -0.3 is 20.0 Å². The molecule has 2 aromatic carbocycles. The maximum atomic E-state index is 12.9. The predicted octanol–water partition coefficient (Wildman–Crippen LogP) is 4.54. The summed E-state index contributed by atoms with van der Waals surface area (Å²) in [5.74, 6) is -1.11. The molecule has 1 fully saturated rings. The van der Waals surface area contributed by atoms with Gasteiger partial charge in [-0.05, 0) is 48.5 Å². The van der Waals surface area contributed by atoms with Crippen LogP contribution >= 0.6 is 0 Å². The molecule has 1 atom stereocenters. The molecular weight excluding hydrogens is 451 g/mol. The first-order valence-corrected chi connectivity index (χ1v) is 10.4. The molecule has 1 aromatic heterocycles. The van der Waals surface area contributed by atoms with Crippen LogP contribution in [-0.4, -0.2) is 29.2 Å². The van der Waals surface area contributed by atoms with E-state index in [4.69, 9.17) is 4.42 Å². The molecule has 2 heterocycles. The molecule has 0 aliphatic carbocycles. The molecule has 1 saturated heterocycles. The Morgan fingerprint density at radius 2 is 1.74 bits per heavy atom. The topological polar surface area (TPSA) is 91.7 Å². The number of alkyl halides is 3. The Morgan fingerprint density at radius 3 is 2.44 bits per heavy atom. The third kappa shape index (κ3) is 5.45.